The van der Waals surface area contributed by atoms with Crippen LogP contribution in [0.4, 0.5) is 0 Å². The van der Waals surface area contributed by atoms with E-state index in [1.807, 2.05) is 60.7 Å². The lowest BCUT2D eigenvalue weighted by Gasteiger charge is -2.30. The van der Waals surface area contributed by atoms with E-state index in [9.17, 15) is 9.90 Å². The molecule has 1 unspecified atom stereocenters. The fourth-order valence-corrected chi connectivity index (χ4v) is 2.89. The Bertz CT molecular complexity index is 694. The van der Waals surface area contributed by atoms with Crippen molar-refractivity contribution in [2.75, 3.05) is 13.7 Å². The molecule has 2 aromatic carbocycles. The normalized spacial score (nSPS) is 13.0. The molecule has 138 valence electrons. The van der Waals surface area contributed by atoms with Crippen LogP contribution in [-0.2, 0) is 21.6 Å². The van der Waals surface area contributed by atoms with Crippen LogP contribution in [0.15, 0.2) is 67.3 Å². The summed E-state index contributed by atoms with van der Waals surface area (Å²) in [4.78, 5) is 12.2. The predicted octanol–water partition coefficient (Wildman–Crippen LogP) is 4.59. The van der Waals surface area contributed by atoms with Crippen LogP contribution in [0, 0.1) is 0 Å². The Morgan fingerprint density at radius 1 is 1.15 bits per heavy atom. The van der Waals surface area contributed by atoms with Gasteiger partial charge in [-0.15, -0.1) is 6.58 Å². The molecule has 0 saturated carbocycles. The van der Waals surface area contributed by atoms with Gasteiger partial charge in [0.2, 0.25) is 0 Å². The summed E-state index contributed by atoms with van der Waals surface area (Å²) in [6.45, 7) is 4.07. The van der Waals surface area contributed by atoms with E-state index in [0.717, 1.165) is 24.2 Å². The van der Waals surface area contributed by atoms with Crippen molar-refractivity contribution in [3.8, 4) is 5.75 Å². The largest absolute Gasteiger partial charge is 0.497 e. The van der Waals surface area contributed by atoms with Crippen molar-refractivity contribution in [1.29, 1.82) is 0 Å². The van der Waals surface area contributed by atoms with Crippen LogP contribution >= 0.6 is 0 Å². The van der Waals surface area contributed by atoms with Gasteiger partial charge < -0.3 is 14.6 Å². The Kier molecular flexibility index (Phi) is 7.42. The lowest BCUT2D eigenvalue weighted by Crippen LogP contribution is -2.39. The monoisotopic (exact) mass is 354 g/mol. The molecule has 1 N–H and O–H groups in total. The summed E-state index contributed by atoms with van der Waals surface area (Å²) >= 11 is 0. The molecule has 4 nitrogen and oxygen atoms in total. The first-order valence-corrected chi connectivity index (χ1v) is 8.79. The van der Waals surface area contributed by atoms with Crippen molar-refractivity contribution in [1.82, 2.24) is 0 Å². The number of benzene rings is 2. The molecule has 2 rings (SSSR count). The SMILES string of the molecule is C=CCCCOC(CCc1ccc(OC)cc1)(C(=O)O)c1ccccc1. The van der Waals surface area contributed by atoms with E-state index in [2.05, 4.69) is 6.58 Å². The zero-order valence-electron chi connectivity index (χ0n) is 15.2. The number of carbonyl (C=O) groups is 1. The summed E-state index contributed by atoms with van der Waals surface area (Å²) in [5.41, 5.74) is 0.351. The number of aliphatic carboxylic acids is 1. The topological polar surface area (TPSA) is 55.8 Å². The molecule has 0 bridgehead atoms. The Hall–Kier alpha value is -2.59. The summed E-state index contributed by atoms with van der Waals surface area (Å²) < 4.78 is 11.1. The van der Waals surface area contributed by atoms with Gasteiger partial charge in [0, 0.05) is 6.61 Å². The van der Waals surface area contributed by atoms with E-state index in [1.165, 1.54) is 0 Å². The molecule has 0 aliphatic carbocycles. The zero-order valence-corrected chi connectivity index (χ0v) is 15.2. The van der Waals surface area contributed by atoms with Gasteiger partial charge in [-0.05, 0) is 48.9 Å². The summed E-state index contributed by atoms with van der Waals surface area (Å²) in [5.74, 6) is -0.183. The third kappa shape index (κ3) is 4.96. The van der Waals surface area contributed by atoms with Crippen LogP contribution in [-0.4, -0.2) is 24.8 Å². The Labute approximate surface area is 155 Å². The van der Waals surface area contributed by atoms with Gasteiger partial charge in [-0.3, -0.25) is 0 Å². The Morgan fingerprint density at radius 2 is 1.85 bits per heavy atom. The number of unbranched alkanes of at least 4 members (excludes halogenated alkanes) is 1. The van der Waals surface area contributed by atoms with Gasteiger partial charge in [0.15, 0.2) is 5.60 Å². The first kappa shape index (κ1) is 19.7. The standard InChI is InChI=1S/C22H26O4/c1-3-4-8-17-26-22(21(23)24,19-9-6-5-7-10-19)16-15-18-11-13-20(25-2)14-12-18/h3,5-7,9-14H,1,4,8,15-17H2,2H3,(H,23,24). The molecule has 0 saturated heterocycles. The third-order valence-electron chi connectivity index (χ3n) is 4.41. The minimum atomic E-state index is -1.36. The van der Waals surface area contributed by atoms with E-state index in [1.54, 1.807) is 7.11 Å². The van der Waals surface area contributed by atoms with Gasteiger partial charge in [0.05, 0.1) is 7.11 Å². The lowest BCUT2D eigenvalue weighted by atomic mass is 9.87. The molecule has 2 aromatic rings. The van der Waals surface area contributed by atoms with Crippen molar-refractivity contribution < 1.29 is 19.4 Å². The van der Waals surface area contributed by atoms with E-state index in [4.69, 9.17) is 9.47 Å². The van der Waals surface area contributed by atoms with Crippen LogP contribution < -0.4 is 4.74 Å². The maximum Gasteiger partial charge on any atom is 0.340 e. The summed E-state index contributed by atoms with van der Waals surface area (Å²) in [7, 11) is 1.62. The van der Waals surface area contributed by atoms with Gasteiger partial charge >= 0.3 is 5.97 Å². The minimum Gasteiger partial charge on any atom is -0.497 e. The third-order valence-corrected chi connectivity index (χ3v) is 4.41. The summed E-state index contributed by atoms with van der Waals surface area (Å²) in [6, 6.07) is 16.8. The number of carboxylic acids is 1. The Morgan fingerprint density at radius 3 is 2.42 bits per heavy atom. The predicted molar refractivity (Wildman–Crippen MR) is 102 cm³/mol. The molecule has 0 aliphatic heterocycles. The summed E-state index contributed by atoms with van der Waals surface area (Å²) in [5, 5.41) is 10.0. The van der Waals surface area contributed by atoms with Gasteiger partial charge in [-0.2, -0.15) is 0 Å². The van der Waals surface area contributed by atoms with Crippen molar-refractivity contribution in [3.63, 3.8) is 0 Å². The van der Waals surface area contributed by atoms with Crippen LogP contribution in [0.5, 0.6) is 5.75 Å². The number of methoxy groups -OCH3 is 1. The fourth-order valence-electron chi connectivity index (χ4n) is 2.89. The molecule has 0 spiro atoms. The average molecular weight is 354 g/mol. The molecule has 0 heterocycles. The number of ether oxygens (including phenoxy) is 2. The van der Waals surface area contributed by atoms with Crippen LogP contribution in [0.1, 0.15) is 30.4 Å². The van der Waals surface area contributed by atoms with Gasteiger partial charge in [0.25, 0.3) is 0 Å². The number of carboxylic acid groups (broad SMARTS) is 1. The second kappa shape index (κ2) is 9.78. The highest BCUT2D eigenvalue weighted by Gasteiger charge is 2.41. The van der Waals surface area contributed by atoms with E-state index < -0.39 is 11.6 Å². The molecule has 0 aliphatic rings. The molecule has 4 heteroatoms. The number of aryl methyl sites for hydroxylation is 1. The smallest absolute Gasteiger partial charge is 0.340 e. The zero-order chi connectivity index (χ0) is 18.8. The molecule has 0 amide bonds. The molecule has 0 fully saturated rings. The van der Waals surface area contributed by atoms with Gasteiger partial charge in [-0.25, -0.2) is 4.79 Å². The summed E-state index contributed by atoms with van der Waals surface area (Å²) in [6.07, 6.45) is 4.29. The number of hydrogen-bond donors (Lipinski definition) is 1. The number of allylic oxidation sites excluding steroid dienone is 1. The van der Waals surface area contributed by atoms with E-state index >= 15 is 0 Å². The number of rotatable bonds is 11. The van der Waals surface area contributed by atoms with Crippen LogP contribution in [0.3, 0.4) is 0 Å². The maximum atomic E-state index is 12.2. The van der Waals surface area contributed by atoms with Crippen LogP contribution in [0.25, 0.3) is 0 Å². The molecule has 26 heavy (non-hydrogen) atoms. The fraction of sp³-hybridized carbons (Fsp3) is 0.318. The van der Waals surface area contributed by atoms with E-state index in [0.29, 0.717) is 25.0 Å². The van der Waals surface area contributed by atoms with Crippen molar-refractivity contribution in [3.05, 3.63) is 78.4 Å². The van der Waals surface area contributed by atoms with Crippen molar-refractivity contribution >= 4 is 5.97 Å². The highest BCUT2D eigenvalue weighted by Crippen LogP contribution is 2.32. The van der Waals surface area contributed by atoms with Crippen LogP contribution in [0.2, 0.25) is 0 Å². The molecule has 1 atom stereocenters. The highest BCUT2D eigenvalue weighted by molar-refractivity contribution is 5.79. The van der Waals surface area contributed by atoms with E-state index in [-0.39, 0.29) is 0 Å². The molecule has 0 radical (unpaired) electrons. The molecular weight excluding hydrogens is 328 g/mol. The maximum absolute atomic E-state index is 12.2. The van der Waals surface area contributed by atoms with Crippen molar-refractivity contribution in [2.45, 2.75) is 31.3 Å². The first-order valence-electron chi connectivity index (χ1n) is 8.79. The minimum absolute atomic E-state index is 0.354. The number of hydrogen-bond acceptors (Lipinski definition) is 3. The second-order valence-electron chi connectivity index (χ2n) is 6.13. The average Bonchev–Trinajstić information content (AvgIpc) is 2.68. The molecular formula is C22H26O4. The lowest BCUT2D eigenvalue weighted by molar-refractivity contribution is -0.169. The quantitative estimate of drug-likeness (QED) is 0.474. The second-order valence-corrected chi connectivity index (χ2v) is 6.13. The van der Waals surface area contributed by atoms with Crippen molar-refractivity contribution in [2.24, 2.45) is 0 Å². The highest BCUT2D eigenvalue weighted by atomic mass is 16.5. The Balaban J connectivity index is 2.22. The van der Waals surface area contributed by atoms with Gasteiger partial charge in [-0.1, -0.05) is 48.5 Å². The molecule has 0 aromatic heterocycles. The first-order chi connectivity index (χ1) is 12.6. The van der Waals surface area contributed by atoms with Gasteiger partial charge in [0.1, 0.15) is 5.75 Å².